The summed E-state index contributed by atoms with van der Waals surface area (Å²) in [6.45, 7) is 11.7. The van der Waals surface area contributed by atoms with Crippen LogP contribution in [-0.2, 0) is 53.3 Å². The Bertz CT molecular complexity index is 2880. The van der Waals surface area contributed by atoms with E-state index in [2.05, 4.69) is 43.5 Å². The Morgan fingerprint density at radius 3 is 1.81 bits per heavy atom. The van der Waals surface area contributed by atoms with Gasteiger partial charge in [0.15, 0.2) is 17.3 Å². The second kappa shape index (κ2) is 19.8. The van der Waals surface area contributed by atoms with Gasteiger partial charge in [-0.2, -0.15) is 0 Å². The number of hydrogen-bond acceptors (Lipinski definition) is 8. The summed E-state index contributed by atoms with van der Waals surface area (Å²) in [5.41, 5.74) is 10.3. The fourth-order valence-corrected chi connectivity index (χ4v) is 10.5. The van der Waals surface area contributed by atoms with Gasteiger partial charge in [0.25, 0.3) is 11.8 Å². The van der Waals surface area contributed by atoms with Gasteiger partial charge in [-0.1, -0.05) is 64.1 Å². The lowest BCUT2D eigenvalue weighted by Crippen LogP contribution is -2.40. The number of carbonyl (C=O) groups is 5. The number of ketones is 1. The van der Waals surface area contributed by atoms with Crippen LogP contribution in [-0.4, -0.2) is 54.6 Å². The number of para-hydroxylation sites is 2. The van der Waals surface area contributed by atoms with Crippen molar-refractivity contribution in [3.05, 3.63) is 141 Å². The van der Waals surface area contributed by atoms with Gasteiger partial charge >= 0.3 is 0 Å². The highest BCUT2D eigenvalue weighted by Gasteiger charge is 2.39. The van der Waals surface area contributed by atoms with Crippen molar-refractivity contribution >= 4 is 46.5 Å². The molecular weight excluding hydrogens is 881 g/mol. The molecule has 0 aliphatic carbocycles. The zero-order chi connectivity index (χ0) is 49.4. The zero-order valence-electron chi connectivity index (χ0n) is 41.4. The molecule has 4 aliphatic heterocycles. The molecule has 0 saturated carbocycles. The molecule has 4 amide bonds. The number of methoxy groups -OCH3 is 1. The first-order chi connectivity index (χ1) is 33.5. The normalized spacial score (nSPS) is 17.6. The predicted octanol–water partition coefficient (Wildman–Crippen LogP) is 10.1. The van der Waals surface area contributed by atoms with E-state index in [0.29, 0.717) is 53.3 Å². The summed E-state index contributed by atoms with van der Waals surface area (Å²) in [4.78, 5) is 71.8. The number of nitrogens with zero attached hydrogens (tertiary/aromatic N) is 2. The fourth-order valence-electron chi connectivity index (χ4n) is 10.5. The zero-order valence-corrected chi connectivity index (χ0v) is 41.4. The number of aryl methyl sites for hydroxylation is 3. The van der Waals surface area contributed by atoms with Crippen molar-refractivity contribution in [2.24, 2.45) is 11.3 Å². The summed E-state index contributed by atoms with van der Waals surface area (Å²) in [5.74, 6) is 0.111. The number of hydrogen-bond donors (Lipinski definition) is 2. The minimum absolute atomic E-state index is 0.0123. The van der Waals surface area contributed by atoms with E-state index in [1.54, 1.807) is 27.0 Å². The topological polar surface area (TPSA) is 144 Å². The van der Waals surface area contributed by atoms with E-state index >= 15 is 0 Å². The smallest absolute Gasteiger partial charge is 0.258 e. The van der Waals surface area contributed by atoms with Gasteiger partial charge in [0.05, 0.1) is 13.2 Å². The molecule has 0 spiro atoms. The molecule has 0 aromatic heterocycles. The number of rotatable bonds is 15. The Kier molecular flexibility index (Phi) is 13.6. The molecule has 4 aliphatic rings. The third-order valence-corrected chi connectivity index (χ3v) is 14.4. The minimum atomic E-state index is -0.729. The molecule has 0 radical (unpaired) electrons. The second-order valence-corrected chi connectivity index (χ2v) is 20.9. The second-order valence-electron chi connectivity index (χ2n) is 20.9. The number of ether oxygens (including phenoxy) is 3. The summed E-state index contributed by atoms with van der Waals surface area (Å²) in [7, 11) is 1.56. The highest BCUT2D eigenvalue weighted by molar-refractivity contribution is 6.10. The lowest BCUT2D eigenvalue weighted by atomic mass is 9.90. The van der Waals surface area contributed by atoms with Crippen LogP contribution in [0.2, 0.25) is 0 Å². The molecule has 364 valence electrons. The van der Waals surface area contributed by atoms with Gasteiger partial charge in [0, 0.05) is 59.0 Å². The van der Waals surface area contributed by atoms with Crippen LogP contribution < -0.4 is 34.6 Å². The molecule has 0 fully saturated rings. The largest absolute Gasteiger partial charge is 0.493 e. The number of amides is 4. The molecular formula is C58H64N4O8. The van der Waals surface area contributed by atoms with Gasteiger partial charge in [0.1, 0.15) is 19.0 Å². The van der Waals surface area contributed by atoms with Crippen molar-refractivity contribution in [3.63, 3.8) is 0 Å². The molecule has 0 saturated heterocycles. The lowest BCUT2D eigenvalue weighted by molar-refractivity contribution is -0.129. The van der Waals surface area contributed by atoms with Crippen LogP contribution in [0.3, 0.4) is 0 Å². The van der Waals surface area contributed by atoms with Crippen LogP contribution in [0.15, 0.2) is 91.0 Å². The minimum Gasteiger partial charge on any atom is -0.493 e. The van der Waals surface area contributed by atoms with Crippen molar-refractivity contribution in [2.75, 3.05) is 22.2 Å². The summed E-state index contributed by atoms with van der Waals surface area (Å²) in [6.07, 6.45) is 5.71. The molecule has 12 heteroatoms. The first-order valence-corrected chi connectivity index (χ1v) is 24.7. The SMILES string of the molecule is COc1cc2c(cc1OCc1cc(COc3cc4c(cc3C)C(=O)N3c5ccccc5C[C@H]3CC4)cc(NC(=O)[C@H](C)CC(=O)[C@H](C)NC(=O)CCC(C)(C)C)c1)CC[C@@H]1Cc3ccccc3N1C2=O. The van der Waals surface area contributed by atoms with E-state index in [-0.39, 0.29) is 66.5 Å². The summed E-state index contributed by atoms with van der Waals surface area (Å²) in [6, 6.07) is 29.0. The average molecular weight is 945 g/mol. The lowest BCUT2D eigenvalue weighted by Gasteiger charge is -2.23. The molecule has 0 bridgehead atoms. The van der Waals surface area contributed by atoms with E-state index in [0.717, 1.165) is 71.3 Å². The maximum absolute atomic E-state index is 14.1. The number of carbonyl (C=O) groups excluding carboxylic acids is 5. The van der Waals surface area contributed by atoms with Gasteiger partial charge in [-0.05, 0) is 158 Å². The van der Waals surface area contributed by atoms with Gasteiger partial charge in [-0.3, -0.25) is 24.0 Å². The Morgan fingerprint density at radius 1 is 0.700 bits per heavy atom. The van der Waals surface area contributed by atoms with Crippen LogP contribution in [0.25, 0.3) is 0 Å². The maximum Gasteiger partial charge on any atom is 0.258 e. The number of Topliss-reactive ketones (excluding diaryl/α,β-unsaturated/α-hetero) is 1. The summed E-state index contributed by atoms with van der Waals surface area (Å²) < 4.78 is 18.9. The van der Waals surface area contributed by atoms with Crippen molar-refractivity contribution in [1.29, 1.82) is 0 Å². The molecule has 2 N–H and O–H groups in total. The number of benzene rings is 5. The van der Waals surface area contributed by atoms with E-state index in [1.807, 2.05) is 89.5 Å². The molecule has 5 aromatic carbocycles. The summed E-state index contributed by atoms with van der Waals surface area (Å²) in [5, 5.41) is 5.84. The van der Waals surface area contributed by atoms with Crippen molar-refractivity contribution in [1.82, 2.24) is 5.32 Å². The molecule has 0 unspecified atom stereocenters. The van der Waals surface area contributed by atoms with Crippen molar-refractivity contribution < 1.29 is 38.2 Å². The molecule has 4 atom stereocenters. The standard InChI is InChI=1S/C58H64N4O8/c1-34-22-46-39(16-18-44-27-41-12-8-10-14-48(41)61(44)56(46)66)29-51(34)69-32-37-24-38(26-43(25-37)60-55(65)35(2)23-50(63)36(3)59-54(64)20-21-58(4,5)6)33-70-53-30-40-17-19-45-28-42-13-9-11-15-49(42)62(45)57(67)47(40)31-52(53)68-7/h8-15,22,24-26,29-31,35-36,44-45H,16-21,23,27-28,32-33H2,1-7H3,(H,59,64)(H,60,65)/t35-,36+,44-,45-/m1/s1. The Labute approximate surface area is 411 Å². The van der Waals surface area contributed by atoms with Crippen LogP contribution >= 0.6 is 0 Å². The predicted molar refractivity (Wildman–Crippen MR) is 271 cm³/mol. The first-order valence-electron chi connectivity index (χ1n) is 24.7. The van der Waals surface area contributed by atoms with Crippen molar-refractivity contribution in [3.8, 4) is 17.2 Å². The first kappa shape index (κ1) is 48.1. The molecule has 5 aromatic rings. The number of fused-ring (bicyclic) bond motifs is 8. The Hall–Kier alpha value is -6.95. The number of nitrogens with one attached hydrogen (secondary N) is 2. The molecule has 70 heavy (non-hydrogen) atoms. The van der Waals surface area contributed by atoms with Gasteiger partial charge in [-0.15, -0.1) is 0 Å². The fraction of sp³-hybridized carbons (Fsp3) is 0.397. The van der Waals surface area contributed by atoms with E-state index in [1.165, 1.54) is 11.1 Å². The Morgan fingerprint density at radius 2 is 1.24 bits per heavy atom. The monoisotopic (exact) mass is 944 g/mol. The third kappa shape index (κ3) is 10.2. The van der Waals surface area contributed by atoms with Crippen LogP contribution in [0.4, 0.5) is 17.1 Å². The molecule has 12 nitrogen and oxygen atoms in total. The van der Waals surface area contributed by atoms with Gasteiger partial charge in [0.2, 0.25) is 11.8 Å². The van der Waals surface area contributed by atoms with E-state index in [4.69, 9.17) is 14.2 Å². The van der Waals surface area contributed by atoms with Crippen molar-refractivity contribution in [2.45, 2.75) is 131 Å². The quantitative estimate of drug-likeness (QED) is 0.106. The third-order valence-electron chi connectivity index (χ3n) is 14.4. The summed E-state index contributed by atoms with van der Waals surface area (Å²) >= 11 is 0. The maximum atomic E-state index is 14.1. The van der Waals surface area contributed by atoms with E-state index < -0.39 is 12.0 Å². The van der Waals surface area contributed by atoms with Crippen LogP contribution in [0, 0.1) is 18.3 Å². The average Bonchev–Trinajstić information content (AvgIpc) is 3.83. The Balaban J connectivity index is 0.937. The van der Waals surface area contributed by atoms with E-state index in [9.17, 15) is 24.0 Å². The van der Waals surface area contributed by atoms with Gasteiger partial charge in [-0.25, -0.2) is 0 Å². The van der Waals surface area contributed by atoms with Crippen LogP contribution in [0.5, 0.6) is 17.2 Å². The number of anilines is 3. The van der Waals surface area contributed by atoms with Crippen LogP contribution in [0.1, 0.15) is 126 Å². The highest BCUT2D eigenvalue weighted by Crippen LogP contribution is 2.42. The molecule has 4 heterocycles. The molecule has 9 rings (SSSR count). The highest BCUT2D eigenvalue weighted by atomic mass is 16.5. The van der Waals surface area contributed by atoms with Gasteiger partial charge < -0.3 is 34.6 Å².